The fourth-order valence-electron chi connectivity index (χ4n) is 10.4. The molecule has 0 atom stereocenters. The molecule has 0 amide bonds. The highest BCUT2D eigenvalue weighted by atomic mass is 15.1. The van der Waals surface area contributed by atoms with E-state index in [1.54, 1.807) is 0 Å². The molecule has 0 spiro atoms. The van der Waals surface area contributed by atoms with Crippen LogP contribution in [-0.2, 0) is 27.1 Å². The summed E-state index contributed by atoms with van der Waals surface area (Å²) in [6.07, 6.45) is 4.80. The van der Waals surface area contributed by atoms with Crippen molar-refractivity contribution in [3.05, 3.63) is 149 Å². The van der Waals surface area contributed by atoms with E-state index in [0.717, 1.165) is 0 Å². The number of hydrogen-bond donors (Lipinski definition) is 0. The second-order valence-corrected chi connectivity index (χ2v) is 20.0. The molecule has 6 aromatic carbocycles. The van der Waals surface area contributed by atoms with Gasteiger partial charge >= 0.3 is 0 Å². The molecule has 0 aliphatic heterocycles. The minimum Gasteiger partial charge on any atom is -0.310 e. The van der Waals surface area contributed by atoms with E-state index in [-0.39, 0.29) is 27.1 Å². The standard InChI is InChI=1S/C53H57N/c1-49(2)25-27-51(5,6)46-30-36(20-23-43(46)49)40-32-41-39-17-13-14-18-42(39)53(9,10)45(41)33-48(40)54(37-21-19-34-15-11-12-16-35(34)29-37)38-22-24-44-47(31-38)52(7,8)28-26-50(44,3)4/h11-24,29-33H,25-28H2,1-10H3. The lowest BCUT2D eigenvalue weighted by Crippen LogP contribution is -2.34. The Morgan fingerprint density at radius 3 is 1.59 bits per heavy atom. The van der Waals surface area contributed by atoms with Crippen molar-refractivity contribution in [3.8, 4) is 22.3 Å². The lowest BCUT2D eigenvalue weighted by molar-refractivity contribution is 0.332. The highest BCUT2D eigenvalue weighted by Gasteiger charge is 2.41. The highest BCUT2D eigenvalue weighted by Crippen LogP contribution is 2.55. The number of fused-ring (bicyclic) bond motifs is 6. The van der Waals surface area contributed by atoms with Crippen molar-refractivity contribution < 1.29 is 0 Å². The average molecular weight is 708 g/mol. The maximum atomic E-state index is 2.59. The molecular weight excluding hydrogens is 651 g/mol. The molecule has 274 valence electrons. The maximum absolute atomic E-state index is 2.59. The first kappa shape index (κ1) is 35.1. The Hall–Kier alpha value is -4.62. The fourth-order valence-corrected chi connectivity index (χ4v) is 10.4. The van der Waals surface area contributed by atoms with Crippen LogP contribution in [0.4, 0.5) is 17.1 Å². The van der Waals surface area contributed by atoms with Crippen LogP contribution in [0.15, 0.2) is 115 Å². The van der Waals surface area contributed by atoms with E-state index in [0.29, 0.717) is 0 Å². The van der Waals surface area contributed by atoms with Crippen LogP contribution in [-0.4, -0.2) is 0 Å². The summed E-state index contributed by atoms with van der Waals surface area (Å²) < 4.78 is 0. The fraction of sp³-hybridized carbons (Fsp3) is 0.358. The van der Waals surface area contributed by atoms with Gasteiger partial charge in [-0.3, -0.25) is 0 Å². The van der Waals surface area contributed by atoms with Crippen molar-refractivity contribution in [1.29, 1.82) is 0 Å². The van der Waals surface area contributed by atoms with Gasteiger partial charge in [0.15, 0.2) is 0 Å². The van der Waals surface area contributed by atoms with Gasteiger partial charge in [0.1, 0.15) is 0 Å². The van der Waals surface area contributed by atoms with E-state index in [1.807, 2.05) is 0 Å². The zero-order valence-electron chi connectivity index (χ0n) is 34.2. The molecule has 0 unspecified atom stereocenters. The molecule has 0 heterocycles. The maximum Gasteiger partial charge on any atom is 0.0543 e. The second kappa shape index (κ2) is 11.7. The van der Waals surface area contributed by atoms with Crippen molar-refractivity contribution in [1.82, 2.24) is 0 Å². The van der Waals surface area contributed by atoms with Gasteiger partial charge in [-0.1, -0.05) is 148 Å². The predicted octanol–water partition coefficient (Wildman–Crippen LogP) is 15.0. The van der Waals surface area contributed by atoms with Crippen molar-refractivity contribution in [2.45, 2.75) is 122 Å². The molecule has 3 aliphatic carbocycles. The van der Waals surface area contributed by atoms with Gasteiger partial charge in [0.25, 0.3) is 0 Å². The number of anilines is 3. The summed E-state index contributed by atoms with van der Waals surface area (Å²) in [6.45, 7) is 24.3. The van der Waals surface area contributed by atoms with Crippen LogP contribution in [0.1, 0.15) is 128 Å². The molecular formula is C53H57N. The molecule has 0 aromatic heterocycles. The van der Waals surface area contributed by atoms with Gasteiger partial charge in [0.05, 0.1) is 5.69 Å². The molecule has 0 fully saturated rings. The molecule has 1 nitrogen and oxygen atoms in total. The van der Waals surface area contributed by atoms with E-state index in [9.17, 15) is 0 Å². The number of hydrogen-bond acceptors (Lipinski definition) is 1. The Kier molecular flexibility index (Phi) is 7.60. The van der Waals surface area contributed by atoms with Gasteiger partial charge in [-0.25, -0.2) is 0 Å². The minimum absolute atomic E-state index is 0.0944. The monoisotopic (exact) mass is 707 g/mol. The molecule has 1 heteroatoms. The largest absolute Gasteiger partial charge is 0.310 e. The van der Waals surface area contributed by atoms with Crippen LogP contribution in [0, 0.1) is 0 Å². The molecule has 9 rings (SSSR count). The van der Waals surface area contributed by atoms with Crippen molar-refractivity contribution in [3.63, 3.8) is 0 Å². The van der Waals surface area contributed by atoms with E-state index in [2.05, 4.69) is 189 Å². The average Bonchev–Trinajstić information content (AvgIpc) is 3.37. The molecule has 0 radical (unpaired) electrons. The number of benzene rings is 6. The quantitative estimate of drug-likeness (QED) is 0.176. The van der Waals surface area contributed by atoms with Crippen LogP contribution < -0.4 is 4.90 Å². The smallest absolute Gasteiger partial charge is 0.0543 e. The zero-order chi connectivity index (χ0) is 38.0. The summed E-state index contributed by atoms with van der Waals surface area (Å²) >= 11 is 0. The zero-order valence-corrected chi connectivity index (χ0v) is 34.2. The van der Waals surface area contributed by atoms with Gasteiger partial charge in [-0.05, 0) is 145 Å². The first-order chi connectivity index (χ1) is 25.5. The Morgan fingerprint density at radius 1 is 0.370 bits per heavy atom. The van der Waals surface area contributed by atoms with Gasteiger partial charge in [0, 0.05) is 22.4 Å². The van der Waals surface area contributed by atoms with E-state index in [1.165, 1.54) is 109 Å². The van der Waals surface area contributed by atoms with Crippen molar-refractivity contribution in [2.75, 3.05) is 4.90 Å². The summed E-state index contributed by atoms with van der Waals surface area (Å²) in [7, 11) is 0. The van der Waals surface area contributed by atoms with Crippen LogP contribution in [0.5, 0.6) is 0 Å². The van der Waals surface area contributed by atoms with Crippen LogP contribution in [0.25, 0.3) is 33.0 Å². The second-order valence-electron chi connectivity index (χ2n) is 20.0. The third-order valence-electron chi connectivity index (χ3n) is 14.2. The number of nitrogens with zero attached hydrogens (tertiary/aromatic N) is 1. The van der Waals surface area contributed by atoms with Crippen molar-refractivity contribution >= 4 is 27.8 Å². The molecule has 3 aliphatic rings. The van der Waals surface area contributed by atoms with E-state index >= 15 is 0 Å². The minimum atomic E-state index is -0.127. The summed E-state index contributed by atoms with van der Waals surface area (Å²) in [5.41, 5.74) is 18.1. The Bertz CT molecular complexity index is 2480. The van der Waals surface area contributed by atoms with Gasteiger partial charge < -0.3 is 4.90 Å². The van der Waals surface area contributed by atoms with Crippen LogP contribution in [0.2, 0.25) is 0 Å². The third-order valence-corrected chi connectivity index (χ3v) is 14.2. The lowest BCUT2D eigenvalue weighted by Gasteiger charge is -2.43. The molecule has 6 aromatic rings. The Morgan fingerprint density at radius 2 is 0.907 bits per heavy atom. The highest BCUT2D eigenvalue weighted by molar-refractivity contribution is 5.97. The molecule has 0 bridgehead atoms. The molecule has 54 heavy (non-hydrogen) atoms. The van der Waals surface area contributed by atoms with Gasteiger partial charge in [-0.15, -0.1) is 0 Å². The third kappa shape index (κ3) is 5.32. The van der Waals surface area contributed by atoms with Gasteiger partial charge in [0.2, 0.25) is 0 Å². The van der Waals surface area contributed by atoms with Gasteiger partial charge in [-0.2, -0.15) is 0 Å². The number of rotatable bonds is 4. The predicted molar refractivity (Wildman–Crippen MR) is 232 cm³/mol. The van der Waals surface area contributed by atoms with E-state index in [4.69, 9.17) is 0 Å². The molecule has 0 saturated carbocycles. The van der Waals surface area contributed by atoms with Crippen molar-refractivity contribution in [2.24, 2.45) is 0 Å². The Balaban J connectivity index is 1.37. The molecule has 0 N–H and O–H groups in total. The van der Waals surface area contributed by atoms with E-state index < -0.39 is 0 Å². The normalized spacial score (nSPS) is 19.4. The topological polar surface area (TPSA) is 3.24 Å². The van der Waals surface area contributed by atoms with Crippen LogP contribution >= 0.6 is 0 Å². The summed E-state index contributed by atoms with van der Waals surface area (Å²) in [5, 5.41) is 2.52. The SMILES string of the molecule is CC1(C)CCC(C)(C)c2cc(-c3cc4c(cc3N(c3ccc5c(c3)C(C)(C)CCC5(C)C)c3ccc5ccccc5c3)C(C)(C)c3ccccc3-4)ccc21. The summed E-state index contributed by atoms with van der Waals surface area (Å²) in [4.78, 5) is 2.59. The van der Waals surface area contributed by atoms with Crippen LogP contribution in [0.3, 0.4) is 0 Å². The summed E-state index contributed by atoms with van der Waals surface area (Å²) in [6, 6.07) is 44.9. The Labute approximate surface area is 324 Å². The first-order valence-corrected chi connectivity index (χ1v) is 20.4. The molecule has 0 saturated heterocycles. The summed E-state index contributed by atoms with van der Waals surface area (Å²) in [5.74, 6) is 0. The lowest BCUT2D eigenvalue weighted by atomic mass is 9.63. The first-order valence-electron chi connectivity index (χ1n) is 20.4.